The topological polar surface area (TPSA) is 38.9 Å². The first-order valence-corrected chi connectivity index (χ1v) is 8.46. The first-order chi connectivity index (χ1) is 13.2. The molecule has 3 aromatic rings. The van der Waals surface area contributed by atoms with E-state index in [9.17, 15) is 22.0 Å². The van der Waals surface area contributed by atoms with E-state index in [1.165, 1.54) is 30.5 Å². The highest BCUT2D eigenvalue weighted by molar-refractivity contribution is 5.43. The summed E-state index contributed by atoms with van der Waals surface area (Å²) in [6.07, 6.45) is -6.14. The minimum atomic E-state index is -4.58. The second kappa shape index (κ2) is 7.67. The van der Waals surface area contributed by atoms with Crippen molar-refractivity contribution in [3.8, 4) is 0 Å². The van der Waals surface area contributed by atoms with Crippen LogP contribution in [0.2, 0.25) is 0 Å². The van der Waals surface area contributed by atoms with Gasteiger partial charge >= 0.3 is 6.18 Å². The Morgan fingerprint density at radius 1 is 0.857 bits per heavy atom. The predicted molar refractivity (Wildman–Crippen MR) is 95.8 cm³/mol. The molecule has 0 radical (unpaired) electrons. The lowest BCUT2D eigenvalue weighted by Crippen LogP contribution is -2.42. The van der Waals surface area contributed by atoms with Crippen LogP contribution >= 0.6 is 0 Å². The Hall–Kier alpha value is -2.80. The van der Waals surface area contributed by atoms with Gasteiger partial charge in [-0.25, -0.2) is 8.78 Å². The van der Waals surface area contributed by atoms with Gasteiger partial charge in [0.05, 0.1) is 16.8 Å². The van der Waals surface area contributed by atoms with E-state index < -0.39 is 29.3 Å². The Bertz CT molecular complexity index is 941. The van der Waals surface area contributed by atoms with Crippen molar-refractivity contribution in [3.63, 3.8) is 0 Å². The first-order valence-electron chi connectivity index (χ1n) is 8.46. The molecule has 0 fully saturated rings. The van der Waals surface area contributed by atoms with E-state index in [0.29, 0.717) is 5.56 Å². The SMILES string of the molecule is NC(Cc1ccccc1)(c1cccc(C(F)(F)F)c1)c1ncccc1C(F)F. The third-order valence-electron chi connectivity index (χ3n) is 4.53. The van der Waals surface area contributed by atoms with Gasteiger partial charge in [-0.3, -0.25) is 4.98 Å². The molecular weight excluding hydrogens is 375 g/mol. The summed E-state index contributed by atoms with van der Waals surface area (Å²) in [5.74, 6) is 0. The quantitative estimate of drug-likeness (QED) is 0.584. The molecule has 2 aromatic carbocycles. The first kappa shape index (κ1) is 19.9. The largest absolute Gasteiger partial charge is 0.416 e. The summed E-state index contributed by atoms with van der Waals surface area (Å²) in [5.41, 5.74) is 4.19. The summed E-state index contributed by atoms with van der Waals surface area (Å²) >= 11 is 0. The van der Waals surface area contributed by atoms with E-state index in [4.69, 9.17) is 5.73 Å². The monoisotopic (exact) mass is 392 g/mol. The smallest absolute Gasteiger partial charge is 0.316 e. The van der Waals surface area contributed by atoms with Crippen molar-refractivity contribution >= 4 is 0 Å². The second-order valence-corrected chi connectivity index (χ2v) is 6.45. The molecule has 1 aromatic heterocycles. The molecule has 146 valence electrons. The Morgan fingerprint density at radius 3 is 2.18 bits per heavy atom. The van der Waals surface area contributed by atoms with E-state index in [1.807, 2.05) is 0 Å². The average molecular weight is 392 g/mol. The van der Waals surface area contributed by atoms with Gasteiger partial charge in [-0.2, -0.15) is 13.2 Å². The van der Waals surface area contributed by atoms with Crippen LogP contribution in [0.5, 0.6) is 0 Å². The summed E-state index contributed by atoms with van der Waals surface area (Å²) in [4.78, 5) is 4.05. The number of rotatable bonds is 5. The van der Waals surface area contributed by atoms with Crippen molar-refractivity contribution in [2.24, 2.45) is 5.73 Å². The van der Waals surface area contributed by atoms with Gasteiger partial charge in [-0.05, 0) is 35.4 Å². The number of nitrogens with zero attached hydrogens (tertiary/aromatic N) is 1. The number of benzene rings is 2. The summed E-state index contributed by atoms with van der Waals surface area (Å²) < 4.78 is 66.9. The van der Waals surface area contributed by atoms with E-state index >= 15 is 0 Å². The lowest BCUT2D eigenvalue weighted by atomic mass is 9.79. The molecule has 0 aliphatic rings. The average Bonchev–Trinajstić information content (AvgIpc) is 2.68. The maximum absolute atomic E-state index is 13.6. The van der Waals surface area contributed by atoms with Crippen molar-refractivity contribution in [2.75, 3.05) is 0 Å². The highest BCUT2D eigenvalue weighted by atomic mass is 19.4. The minimum Gasteiger partial charge on any atom is -0.316 e. The number of nitrogens with two attached hydrogens (primary N) is 1. The standard InChI is InChI=1S/C21H17F5N2/c22-19(23)17-10-5-11-28-18(17)20(27,13-14-6-2-1-3-7-14)15-8-4-9-16(12-15)21(24,25)26/h1-12,19H,13,27H2. The second-order valence-electron chi connectivity index (χ2n) is 6.45. The Kier molecular flexibility index (Phi) is 5.47. The molecule has 0 aliphatic heterocycles. The van der Waals surface area contributed by atoms with Gasteiger partial charge < -0.3 is 5.73 Å². The number of pyridine rings is 1. The number of halogens is 5. The molecule has 3 rings (SSSR count). The number of aromatic nitrogens is 1. The third kappa shape index (κ3) is 4.04. The highest BCUT2D eigenvalue weighted by Gasteiger charge is 2.38. The van der Waals surface area contributed by atoms with Gasteiger partial charge in [-0.1, -0.05) is 42.5 Å². The van der Waals surface area contributed by atoms with Crippen LogP contribution in [0.1, 0.15) is 34.4 Å². The molecule has 0 saturated heterocycles. The van der Waals surface area contributed by atoms with Gasteiger partial charge in [0.25, 0.3) is 6.43 Å². The molecule has 0 spiro atoms. The lowest BCUT2D eigenvalue weighted by Gasteiger charge is -2.32. The molecule has 1 atom stereocenters. The number of hydrogen-bond donors (Lipinski definition) is 1. The van der Waals surface area contributed by atoms with Crippen LogP contribution in [0.4, 0.5) is 22.0 Å². The molecule has 1 heterocycles. The third-order valence-corrected chi connectivity index (χ3v) is 4.53. The minimum absolute atomic E-state index is 0.00584. The normalized spacial score (nSPS) is 14.1. The van der Waals surface area contributed by atoms with Gasteiger partial charge in [0.1, 0.15) is 0 Å². The van der Waals surface area contributed by atoms with Crippen LogP contribution in [0.25, 0.3) is 0 Å². The molecule has 2 nitrogen and oxygen atoms in total. The molecule has 7 heteroatoms. The number of alkyl halides is 5. The summed E-state index contributed by atoms with van der Waals surface area (Å²) in [6.45, 7) is 0. The Morgan fingerprint density at radius 2 is 1.54 bits per heavy atom. The molecule has 0 aliphatic carbocycles. The van der Waals surface area contributed by atoms with Crippen LogP contribution in [-0.4, -0.2) is 4.98 Å². The summed E-state index contributed by atoms with van der Waals surface area (Å²) in [7, 11) is 0. The van der Waals surface area contributed by atoms with Crippen molar-refractivity contribution in [1.29, 1.82) is 0 Å². The molecule has 1 unspecified atom stereocenters. The van der Waals surface area contributed by atoms with E-state index in [0.717, 1.165) is 12.1 Å². The van der Waals surface area contributed by atoms with E-state index in [1.54, 1.807) is 30.3 Å². The molecular formula is C21H17F5N2. The van der Waals surface area contributed by atoms with Crippen LogP contribution < -0.4 is 5.73 Å². The van der Waals surface area contributed by atoms with Crippen molar-refractivity contribution in [3.05, 3.63) is 101 Å². The van der Waals surface area contributed by atoms with Gasteiger partial charge in [0.15, 0.2) is 0 Å². The maximum Gasteiger partial charge on any atom is 0.416 e. The lowest BCUT2D eigenvalue weighted by molar-refractivity contribution is -0.137. The number of hydrogen-bond acceptors (Lipinski definition) is 2. The molecule has 28 heavy (non-hydrogen) atoms. The molecule has 0 amide bonds. The predicted octanol–water partition coefficient (Wildman–Crippen LogP) is 5.48. The van der Waals surface area contributed by atoms with Gasteiger partial charge in [-0.15, -0.1) is 0 Å². The zero-order valence-electron chi connectivity index (χ0n) is 14.6. The Labute approximate surface area is 158 Å². The fraction of sp³-hybridized carbons (Fsp3) is 0.190. The Balaban J connectivity index is 2.22. The van der Waals surface area contributed by atoms with E-state index in [-0.39, 0.29) is 17.7 Å². The van der Waals surface area contributed by atoms with Gasteiger partial charge in [0, 0.05) is 18.2 Å². The van der Waals surface area contributed by atoms with Crippen LogP contribution in [0.15, 0.2) is 72.9 Å². The van der Waals surface area contributed by atoms with Crippen LogP contribution in [0, 0.1) is 0 Å². The molecule has 0 saturated carbocycles. The summed E-state index contributed by atoms with van der Waals surface area (Å²) in [5, 5.41) is 0. The molecule has 2 N–H and O–H groups in total. The fourth-order valence-electron chi connectivity index (χ4n) is 3.18. The summed E-state index contributed by atoms with van der Waals surface area (Å²) in [6, 6.07) is 15.7. The van der Waals surface area contributed by atoms with Crippen LogP contribution in [0.3, 0.4) is 0 Å². The van der Waals surface area contributed by atoms with Crippen molar-refractivity contribution in [1.82, 2.24) is 4.98 Å². The highest BCUT2D eigenvalue weighted by Crippen LogP contribution is 2.38. The zero-order valence-corrected chi connectivity index (χ0v) is 14.6. The van der Waals surface area contributed by atoms with E-state index in [2.05, 4.69) is 4.98 Å². The fourth-order valence-corrected chi connectivity index (χ4v) is 3.18. The molecule has 0 bridgehead atoms. The zero-order chi connectivity index (χ0) is 20.4. The van der Waals surface area contributed by atoms with Crippen molar-refractivity contribution < 1.29 is 22.0 Å². The van der Waals surface area contributed by atoms with Gasteiger partial charge in [0.2, 0.25) is 0 Å². The maximum atomic E-state index is 13.6. The van der Waals surface area contributed by atoms with Crippen LogP contribution in [-0.2, 0) is 18.1 Å². The van der Waals surface area contributed by atoms with Crippen molar-refractivity contribution in [2.45, 2.75) is 24.6 Å².